The van der Waals surface area contributed by atoms with Crippen LogP contribution in [0.25, 0.3) is 0 Å². The molecule has 25 heavy (non-hydrogen) atoms. The number of aliphatic hydroxyl groups is 2. The number of fused-ring (bicyclic) bond motifs is 2. The van der Waals surface area contributed by atoms with Crippen LogP contribution in [0.5, 0.6) is 0 Å². The van der Waals surface area contributed by atoms with Crippen LogP contribution in [0.2, 0.25) is 0 Å². The molecule has 132 valence electrons. The second kappa shape index (κ2) is 6.93. The molecule has 2 bridgehead atoms. The van der Waals surface area contributed by atoms with Crippen molar-refractivity contribution in [2.24, 2.45) is 29.1 Å². The van der Waals surface area contributed by atoms with Gasteiger partial charge in [-0.25, -0.2) is 0 Å². The van der Waals surface area contributed by atoms with E-state index in [4.69, 9.17) is 0 Å². The van der Waals surface area contributed by atoms with Crippen molar-refractivity contribution in [3.8, 4) is 0 Å². The Labute approximate surface area is 150 Å². The van der Waals surface area contributed by atoms with Crippen LogP contribution < -0.4 is 0 Å². The molecule has 0 amide bonds. The van der Waals surface area contributed by atoms with E-state index < -0.39 is 0 Å². The highest BCUT2D eigenvalue weighted by Crippen LogP contribution is 2.65. The van der Waals surface area contributed by atoms with E-state index in [1.807, 2.05) is 0 Å². The van der Waals surface area contributed by atoms with Gasteiger partial charge in [-0.1, -0.05) is 60.7 Å². The minimum absolute atomic E-state index is 0.156. The van der Waals surface area contributed by atoms with Crippen molar-refractivity contribution >= 4 is 0 Å². The van der Waals surface area contributed by atoms with Crippen LogP contribution in [0.1, 0.15) is 24.0 Å². The van der Waals surface area contributed by atoms with Gasteiger partial charge in [0, 0.05) is 13.2 Å². The second-order valence-electron chi connectivity index (χ2n) is 8.04. The van der Waals surface area contributed by atoms with Crippen LogP contribution in [-0.4, -0.2) is 23.4 Å². The van der Waals surface area contributed by atoms with Crippen LogP contribution in [0.15, 0.2) is 60.7 Å². The molecule has 0 radical (unpaired) electrons. The van der Waals surface area contributed by atoms with E-state index in [1.54, 1.807) is 0 Å². The van der Waals surface area contributed by atoms with Crippen LogP contribution in [-0.2, 0) is 12.8 Å². The normalized spacial score (nSPS) is 29.8. The average Bonchev–Trinajstić information content (AvgIpc) is 3.11. The lowest BCUT2D eigenvalue weighted by molar-refractivity contribution is 0.0791. The summed E-state index contributed by atoms with van der Waals surface area (Å²) in [6, 6.07) is 21.5. The molecule has 0 spiro atoms. The zero-order chi connectivity index (χ0) is 17.3. The topological polar surface area (TPSA) is 40.5 Å². The molecule has 4 atom stereocenters. The quantitative estimate of drug-likeness (QED) is 0.844. The van der Waals surface area contributed by atoms with Crippen LogP contribution >= 0.6 is 0 Å². The van der Waals surface area contributed by atoms with E-state index in [-0.39, 0.29) is 30.5 Å². The van der Waals surface area contributed by atoms with Crippen LogP contribution in [0, 0.1) is 29.1 Å². The first kappa shape index (κ1) is 16.8. The Kier molecular flexibility index (Phi) is 4.66. The monoisotopic (exact) mass is 336 g/mol. The second-order valence-corrected chi connectivity index (χ2v) is 8.04. The maximum absolute atomic E-state index is 10.0. The van der Waals surface area contributed by atoms with Gasteiger partial charge in [0.05, 0.1) is 0 Å². The fraction of sp³-hybridized carbons (Fsp3) is 0.478. The van der Waals surface area contributed by atoms with Crippen molar-refractivity contribution in [3.63, 3.8) is 0 Å². The standard InChI is InChI=1S/C23H28O2/c24-15-19-20(16-25)22-12-11-21(19)23(22,13-17-7-3-1-4-8-17)14-18-9-5-2-6-10-18/h1-10,19-22,24-25H,11-16H2/t19-,20+,21?,22?. The highest BCUT2D eigenvalue weighted by molar-refractivity contribution is 5.25. The maximum atomic E-state index is 10.0. The van der Waals surface area contributed by atoms with E-state index in [0.29, 0.717) is 11.8 Å². The maximum Gasteiger partial charge on any atom is 0.0465 e. The van der Waals surface area contributed by atoms with E-state index in [2.05, 4.69) is 60.7 Å². The summed E-state index contributed by atoms with van der Waals surface area (Å²) in [6.45, 7) is 0.412. The molecule has 2 unspecified atom stereocenters. The number of hydrogen-bond acceptors (Lipinski definition) is 2. The molecule has 2 saturated carbocycles. The Morgan fingerprint density at radius 1 is 0.680 bits per heavy atom. The van der Waals surface area contributed by atoms with Gasteiger partial charge in [-0.15, -0.1) is 0 Å². The SMILES string of the molecule is OC[C@@H]1C2CCC([C@@H]1CO)C2(Cc1ccccc1)Cc1ccccc1. The van der Waals surface area contributed by atoms with E-state index in [9.17, 15) is 10.2 Å². The summed E-state index contributed by atoms with van der Waals surface area (Å²) in [5.41, 5.74) is 2.92. The van der Waals surface area contributed by atoms with Crippen LogP contribution in [0.3, 0.4) is 0 Å². The third-order valence-electron chi connectivity index (χ3n) is 7.02. The van der Waals surface area contributed by atoms with Crippen molar-refractivity contribution < 1.29 is 10.2 Å². The van der Waals surface area contributed by atoms with E-state index in [1.165, 1.54) is 24.0 Å². The third-order valence-corrected chi connectivity index (χ3v) is 7.02. The molecule has 0 saturated heterocycles. The van der Waals surface area contributed by atoms with Gasteiger partial charge in [-0.2, -0.15) is 0 Å². The van der Waals surface area contributed by atoms with Crippen molar-refractivity contribution in [1.29, 1.82) is 0 Å². The molecule has 2 aliphatic rings. The molecular formula is C23H28O2. The molecule has 0 aliphatic heterocycles. The molecule has 2 aliphatic carbocycles. The smallest absolute Gasteiger partial charge is 0.0465 e. The summed E-state index contributed by atoms with van der Waals surface area (Å²) in [5, 5.41) is 20.1. The molecule has 2 heteroatoms. The summed E-state index contributed by atoms with van der Waals surface area (Å²) in [7, 11) is 0. The van der Waals surface area contributed by atoms with Gasteiger partial charge in [0.1, 0.15) is 0 Å². The molecule has 2 aromatic carbocycles. The van der Waals surface area contributed by atoms with E-state index in [0.717, 1.165) is 12.8 Å². The zero-order valence-electron chi connectivity index (χ0n) is 14.7. The highest BCUT2D eigenvalue weighted by atomic mass is 16.3. The van der Waals surface area contributed by atoms with Gasteiger partial charge in [-0.05, 0) is 65.9 Å². The van der Waals surface area contributed by atoms with Gasteiger partial charge >= 0.3 is 0 Å². The number of hydrogen-bond donors (Lipinski definition) is 2. The first-order valence-electron chi connectivity index (χ1n) is 9.58. The van der Waals surface area contributed by atoms with Gasteiger partial charge < -0.3 is 10.2 Å². The Hall–Kier alpha value is -1.64. The summed E-state index contributed by atoms with van der Waals surface area (Å²) < 4.78 is 0. The largest absolute Gasteiger partial charge is 0.396 e. The summed E-state index contributed by atoms with van der Waals surface area (Å²) >= 11 is 0. The predicted molar refractivity (Wildman–Crippen MR) is 100 cm³/mol. The fourth-order valence-electron chi connectivity index (χ4n) is 6.15. The minimum atomic E-state index is 0.156. The lowest BCUT2D eigenvalue weighted by Gasteiger charge is -2.36. The molecule has 0 heterocycles. The summed E-state index contributed by atoms with van der Waals surface area (Å²) in [6.07, 6.45) is 4.47. The number of benzene rings is 2. The molecule has 4 rings (SSSR count). The Morgan fingerprint density at radius 2 is 1.08 bits per heavy atom. The fourth-order valence-corrected chi connectivity index (χ4v) is 6.15. The first-order chi connectivity index (χ1) is 12.3. The zero-order valence-corrected chi connectivity index (χ0v) is 14.7. The molecule has 2 nitrogen and oxygen atoms in total. The lowest BCUT2D eigenvalue weighted by Crippen LogP contribution is -2.33. The lowest BCUT2D eigenvalue weighted by atomic mass is 9.68. The van der Waals surface area contributed by atoms with Crippen LogP contribution in [0.4, 0.5) is 0 Å². The van der Waals surface area contributed by atoms with Gasteiger partial charge in [0.15, 0.2) is 0 Å². The minimum Gasteiger partial charge on any atom is -0.396 e. The average molecular weight is 336 g/mol. The third kappa shape index (κ3) is 2.82. The van der Waals surface area contributed by atoms with Crippen molar-refractivity contribution in [1.82, 2.24) is 0 Å². The molecule has 2 N–H and O–H groups in total. The Balaban J connectivity index is 1.74. The molecular weight excluding hydrogens is 308 g/mol. The number of aliphatic hydroxyl groups excluding tert-OH is 2. The van der Waals surface area contributed by atoms with Gasteiger partial charge in [0.2, 0.25) is 0 Å². The molecule has 0 aromatic heterocycles. The first-order valence-corrected chi connectivity index (χ1v) is 9.58. The van der Waals surface area contributed by atoms with Gasteiger partial charge in [0.25, 0.3) is 0 Å². The highest BCUT2D eigenvalue weighted by Gasteiger charge is 2.62. The summed E-state index contributed by atoms with van der Waals surface area (Å²) in [5.74, 6) is 1.49. The Bertz CT molecular complexity index is 620. The number of rotatable bonds is 6. The summed E-state index contributed by atoms with van der Waals surface area (Å²) in [4.78, 5) is 0. The predicted octanol–water partition coefficient (Wildman–Crippen LogP) is 3.72. The van der Waals surface area contributed by atoms with E-state index >= 15 is 0 Å². The Morgan fingerprint density at radius 3 is 1.44 bits per heavy atom. The van der Waals surface area contributed by atoms with Crippen molar-refractivity contribution in [2.45, 2.75) is 25.7 Å². The van der Waals surface area contributed by atoms with Gasteiger partial charge in [-0.3, -0.25) is 0 Å². The van der Waals surface area contributed by atoms with Crippen molar-refractivity contribution in [2.75, 3.05) is 13.2 Å². The van der Waals surface area contributed by atoms with Crippen molar-refractivity contribution in [3.05, 3.63) is 71.8 Å². The molecule has 2 aromatic rings. The molecule has 2 fully saturated rings.